The predicted molar refractivity (Wildman–Crippen MR) is 83.3 cm³/mol. The van der Waals surface area contributed by atoms with Crippen LogP contribution >= 0.6 is 11.8 Å². The van der Waals surface area contributed by atoms with E-state index in [1.165, 1.54) is 50.8 Å². The van der Waals surface area contributed by atoms with Crippen molar-refractivity contribution in [3.05, 3.63) is 0 Å². The van der Waals surface area contributed by atoms with Crippen LogP contribution in [-0.2, 0) is 0 Å². The first-order chi connectivity index (χ1) is 8.50. The Balaban J connectivity index is 1.75. The van der Waals surface area contributed by atoms with E-state index < -0.39 is 0 Å². The lowest BCUT2D eigenvalue weighted by Gasteiger charge is -2.43. The molecule has 106 valence electrons. The van der Waals surface area contributed by atoms with Gasteiger partial charge in [0.1, 0.15) is 0 Å². The van der Waals surface area contributed by atoms with Gasteiger partial charge >= 0.3 is 0 Å². The lowest BCUT2D eigenvalue weighted by Crippen LogP contribution is -2.50. The fraction of sp³-hybridized carbons (Fsp3) is 1.00. The Kier molecular flexibility index (Phi) is 4.70. The molecule has 2 aliphatic rings. The zero-order chi connectivity index (χ0) is 13.2. The first-order valence-electron chi connectivity index (χ1n) is 7.73. The Hall–Kier alpha value is 0.310. The van der Waals surface area contributed by atoms with Gasteiger partial charge in [-0.3, -0.25) is 0 Å². The van der Waals surface area contributed by atoms with Gasteiger partial charge in [-0.25, -0.2) is 0 Å². The molecular formula is C16H31NS. The fourth-order valence-electron chi connectivity index (χ4n) is 4.61. The highest BCUT2D eigenvalue weighted by Crippen LogP contribution is 2.62. The number of fused-ring (bicyclic) bond motifs is 2. The van der Waals surface area contributed by atoms with Crippen molar-refractivity contribution >= 4 is 11.8 Å². The Morgan fingerprint density at radius 3 is 2.56 bits per heavy atom. The van der Waals surface area contributed by atoms with Crippen molar-refractivity contribution in [1.29, 1.82) is 0 Å². The topological polar surface area (TPSA) is 12.0 Å². The minimum Gasteiger partial charge on any atom is -0.313 e. The van der Waals surface area contributed by atoms with Gasteiger partial charge in [0.25, 0.3) is 0 Å². The molecule has 2 rings (SSSR count). The van der Waals surface area contributed by atoms with Crippen LogP contribution in [0.15, 0.2) is 0 Å². The second-order valence-corrected chi connectivity index (χ2v) is 8.34. The third-order valence-corrected chi connectivity index (χ3v) is 6.34. The van der Waals surface area contributed by atoms with Crippen molar-refractivity contribution < 1.29 is 0 Å². The zero-order valence-corrected chi connectivity index (χ0v) is 13.5. The molecule has 0 radical (unpaired) electrons. The molecule has 0 aromatic carbocycles. The highest BCUT2D eigenvalue weighted by atomic mass is 32.2. The van der Waals surface area contributed by atoms with Crippen LogP contribution in [0.2, 0.25) is 0 Å². The van der Waals surface area contributed by atoms with Gasteiger partial charge in [0.15, 0.2) is 0 Å². The number of rotatable bonds is 7. The van der Waals surface area contributed by atoms with Crippen molar-refractivity contribution in [1.82, 2.24) is 5.32 Å². The van der Waals surface area contributed by atoms with E-state index in [1.54, 1.807) is 0 Å². The summed E-state index contributed by atoms with van der Waals surface area (Å²) < 4.78 is 0. The van der Waals surface area contributed by atoms with Gasteiger partial charge in [0.2, 0.25) is 0 Å². The summed E-state index contributed by atoms with van der Waals surface area (Å²) in [7, 11) is 0. The standard InChI is InChI=1S/C16H31NS/c1-15(2)13-8-9-16(3,12-13)14(15)17-10-6-5-7-11-18-4/h13-14,17H,5-12H2,1-4H3/t13-,14?,16+/m0/s1. The lowest BCUT2D eigenvalue weighted by molar-refractivity contribution is 0.109. The first kappa shape index (κ1) is 14.7. The molecule has 2 heteroatoms. The van der Waals surface area contributed by atoms with E-state index >= 15 is 0 Å². The molecule has 0 amide bonds. The zero-order valence-electron chi connectivity index (χ0n) is 12.7. The number of unbranched alkanes of at least 4 members (excludes halogenated alkanes) is 2. The van der Waals surface area contributed by atoms with Crippen LogP contribution in [0.3, 0.4) is 0 Å². The summed E-state index contributed by atoms with van der Waals surface area (Å²) in [6.45, 7) is 8.73. The molecule has 2 aliphatic carbocycles. The normalized spacial score (nSPS) is 37.3. The molecule has 3 atom stereocenters. The van der Waals surface area contributed by atoms with Crippen LogP contribution in [0.5, 0.6) is 0 Å². The Labute approximate surface area is 118 Å². The molecule has 2 fully saturated rings. The van der Waals surface area contributed by atoms with E-state index in [-0.39, 0.29) is 0 Å². The van der Waals surface area contributed by atoms with Crippen LogP contribution < -0.4 is 5.32 Å². The maximum absolute atomic E-state index is 3.91. The Bertz CT molecular complexity index is 272. The van der Waals surface area contributed by atoms with Crippen molar-refractivity contribution in [3.63, 3.8) is 0 Å². The smallest absolute Gasteiger partial charge is 0.0175 e. The third kappa shape index (κ3) is 2.75. The number of hydrogen-bond acceptors (Lipinski definition) is 2. The average Bonchev–Trinajstić information content (AvgIpc) is 2.78. The maximum atomic E-state index is 3.91. The molecule has 2 bridgehead atoms. The van der Waals surface area contributed by atoms with E-state index in [9.17, 15) is 0 Å². The largest absolute Gasteiger partial charge is 0.313 e. The number of hydrogen-bond donors (Lipinski definition) is 1. The third-order valence-electron chi connectivity index (χ3n) is 5.64. The summed E-state index contributed by atoms with van der Waals surface area (Å²) in [6, 6.07) is 0.754. The van der Waals surface area contributed by atoms with Crippen LogP contribution in [-0.4, -0.2) is 24.6 Å². The Morgan fingerprint density at radius 2 is 1.94 bits per heavy atom. The van der Waals surface area contributed by atoms with Crippen LogP contribution in [0.1, 0.15) is 59.3 Å². The average molecular weight is 269 g/mol. The Morgan fingerprint density at radius 1 is 1.17 bits per heavy atom. The minimum absolute atomic E-state index is 0.520. The molecule has 0 aliphatic heterocycles. The van der Waals surface area contributed by atoms with E-state index in [4.69, 9.17) is 0 Å². The highest BCUT2D eigenvalue weighted by molar-refractivity contribution is 7.98. The lowest BCUT2D eigenvalue weighted by atomic mass is 9.68. The summed E-state index contributed by atoms with van der Waals surface area (Å²) in [5.41, 5.74) is 1.11. The van der Waals surface area contributed by atoms with E-state index in [1.807, 2.05) is 11.8 Å². The molecular weight excluding hydrogens is 238 g/mol. The van der Waals surface area contributed by atoms with Gasteiger partial charge in [-0.1, -0.05) is 27.2 Å². The van der Waals surface area contributed by atoms with Crippen LogP contribution in [0.25, 0.3) is 0 Å². The van der Waals surface area contributed by atoms with E-state index in [0.717, 1.165) is 12.0 Å². The second kappa shape index (κ2) is 5.75. The molecule has 1 N–H and O–H groups in total. The second-order valence-electron chi connectivity index (χ2n) is 7.36. The fourth-order valence-corrected chi connectivity index (χ4v) is 5.10. The molecule has 1 nitrogen and oxygen atoms in total. The molecule has 0 aromatic heterocycles. The predicted octanol–water partition coefficient (Wildman–Crippen LogP) is 4.32. The van der Waals surface area contributed by atoms with Crippen molar-refractivity contribution in [2.45, 2.75) is 65.3 Å². The summed E-state index contributed by atoms with van der Waals surface area (Å²) in [4.78, 5) is 0. The van der Waals surface area contributed by atoms with Gasteiger partial charge in [-0.15, -0.1) is 0 Å². The number of thioether (sulfide) groups is 1. The van der Waals surface area contributed by atoms with Crippen LogP contribution in [0, 0.1) is 16.7 Å². The minimum atomic E-state index is 0.520. The van der Waals surface area contributed by atoms with Crippen molar-refractivity contribution in [2.75, 3.05) is 18.6 Å². The highest BCUT2D eigenvalue weighted by Gasteiger charge is 2.58. The summed E-state index contributed by atoms with van der Waals surface area (Å²) in [6.07, 6.45) is 10.7. The molecule has 2 saturated carbocycles. The van der Waals surface area contributed by atoms with E-state index in [2.05, 4.69) is 32.3 Å². The van der Waals surface area contributed by atoms with Gasteiger partial charge < -0.3 is 5.32 Å². The maximum Gasteiger partial charge on any atom is 0.0175 e. The monoisotopic (exact) mass is 269 g/mol. The summed E-state index contributed by atoms with van der Waals surface area (Å²) >= 11 is 1.97. The molecule has 0 aromatic rings. The quantitative estimate of drug-likeness (QED) is 0.691. The molecule has 1 unspecified atom stereocenters. The molecule has 18 heavy (non-hydrogen) atoms. The summed E-state index contributed by atoms with van der Waals surface area (Å²) in [5, 5.41) is 3.91. The van der Waals surface area contributed by atoms with Gasteiger partial charge in [0, 0.05) is 6.04 Å². The van der Waals surface area contributed by atoms with E-state index in [0.29, 0.717) is 10.8 Å². The van der Waals surface area contributed by atoms with Crippen LogP contribution in [0.4, 0.5) is 0 Å². The van der Waals surface area contributed by atoms with Gasteiger partial charge in [0.05, 0.1) is 0 Å². The van der Waals surface area contributed by atoms with Crippen molar-refractivity contribution in [3.8, 4) is 0 Å². The summed E-state index contributed by atoms with van der Waals surface area (Å²) in [5.74, 6) is 2.30. The number of nitrogens with one attached hydrogen (secondary N) is 1. The van der Waals surface area contributed by atoms with Gasteiger partial charge in [-0.05, 0) is 67.4 Å². The first-order valence-corrected chi connectivity index (χ1v) is 9.12. The van der Waals surface area contributed by atoms with Gasteiger partial charge in [-0.2, -0.15) is 11.8 Å². The SMILES string of the molecule is CSCCCCCNC1C(C)(C)[C@H]2CC[C@]1(C)C2. The van der Waals surface area contributed by atoms with Crippen molar-refractivity contribution in [2.24, 2.45) is 16.7 Å². The molecule has 0 saturated heterocycles. The molecule has 0 heterocycles. The molecule has 0 spiro atoms.